The zero-order valence-corrected chi connectivity index (χ0v) is 60.2. The summed E-state index contributed by atoms with van der Waals surface area (Å²) < 4.78 is 23.0. The van der Waals surface area contributed by atoms with E-state index in [1.54, 1.807) is 0 Å². The molecule has 0 aliphatic carbocycles. The lowest BCUT2D eigenvalue weighted by Crippen LogP contribution is -2.40. The van der Waals surface area contributed by atoms with E-state index in [2.05, 4.69) is 111 Å². The molecule has 0 radical (unpaired) electrons. The first-order chi connectivity index (χ1) is 44.6. The van der Waals surface area contributed by atoms with Gasteiger partial charge in [0.25, 0.3) is 6.29 Å². The number of quaternary nitrogens is 1. The molecule has 2 atom stereocenters. The van der Waals surface area contributed by atoms with Gasteiger partial charge in [-0.15, -0.1) is 0 Å². The van der Waals surface area contributed by atoms with E-state index in [0.717, 1.165) is 96.3 Å². The van der Waals surface area contributed by atoms with E-state index in [4.69, 9.17) is 18.9 Å². The highest BCUT2D eigenvalue weighted by atomic mass is 16.7. The number of carboxylic acid groups (broad SMARTS) is 1. The van der Waals surface area contributed by atoms with Gasteiger partial charge in [0.05, 0.1) is 34.4 Å². The van der Waals surface area contributed by atoms with E-state index in [9.17, 15) is 19.5 Å². The van der Waals surface area contributed by atoms with E-state index in [1.165, 1.54) is 218 Å². The highest BCUT2D eigenvalue weighted by Crippen LogP contribution is 2.19. The maximum absolute atomic E-state index is 13.0. The molecular weight excluding hydrogens is 1130 g/mol. The molecule has 0 fully saturated rings. The van der Waals surface area contributed by atoms with Crippen LogP contribution in [0.25, 0.3) is 0 Å². The molecule has 0 spiro atoms. The number of carbonyl (C=O) groups excluding carboxylic acids is 2. The van der Waals surface area contributed by atoms with E-state index < -0.39 is 24.3 Å². The minimum atomic E-state index is -1.52. The molecule has 0 aliphatic rings. The van der Waals surface area contributed by atoms with E-state index >= 15 is 0 Å². The van der Waals surface area contributed by atoms with Crippen LogP contribution in [-0.2, 0) is 33.3 Å². The first kappa shape index (κ1) is 87.2. The van der Waals surface area contributed by atoms with Crippen LogP contribution in [0.2, 0.25) is 0 Å². The molecule has 0 saturated carbocycles. The fraction of sp³-hybridized carbons (Fsp3) is 0.768. The maximum Gasteiger partial charge on any atom is 0.361 e. The van der Waals surface area contributed by atoms with Crippen molar-refractivity contribution in [3.8, 4) is 0 Å². The van der Waals surface area contributed by atoms with Crippen molar-refractivity contribution < 1.29 is 42.9 Å². The molecule has 0 saturated heterocycles. The van der Waals surface area contributed by atoms with Crippen LogP contribution in [0.4, 0.5) is 0 Å². The van der Waals surface area contributed by atoms with Crippen LogP contribution in [0.3, 0.4) is 0 Å². The zero-order chi connectivity index (χ0) is 66.1. The Morgan fingerprint density at radius 1 is 0.341 bits per heavy atom. The second kappa shape index (κ2) is 72.0. The van der Waals surface area contributed by atoms with Crippen molar-refractivity contribution in [1.82, 2.24) is 0 Å². The molecule has 1 N–H and O–H groups in total. The molecule has 0 aromatic heterocycles. The second-order valence-corrected chi connectivity index (χ2v) is 26.9. The number of nitrogens with zero attached hydrogens (tertiary/aromatic N) is 1. The Bertz CT molecular complexity index is 1820. The number of ether oxygens (including phenoxy) is 4. The van der Waals surface area contributed by atoms with Crippen molar-refractivity contribution in [2.75, 3.05) is 47.5 Å². The van der Waals surface area contributed by atoms with Crippen molar-refractivity contribution in [3.63, 3.8) is 0 Å². The highest BCUT2D eigenvalue weighted by Gasteiger charge is 2.25. The lowest BCUT2D eigenvalue weighted by molar-refractivity contribution is -0.870. The summed E-state index contributed by atoms with van der Waals surface area (Å²) >= 11 is 0. The fourth-order valence-electron chi connectivity index (χ4n) is 11.0. The first-order valence-corrected chi connectivity index (χ1v) is 38.4. The smallest absolute Gasteiger partial charge is 0.361 e. The normalized spacial score (nSPS) is 13.2. The molecular formula is C82H146NO8+. The average molecular weight is 1270 g/mol. The molecule has 0 aliphatic heterocycles. The number of esters is 2. The van der Waals surface area contributed by atoms with E-state index in [-0.39, 0.29) is 32.2 Å². The van der Waals surface area contributed by atoms with Crippen molar-refractivity contribution in [3.05, 3.63) is 97.2 Å². The summed E-state index contributed by atoms with van der Waals surface area (Å²) in [4.78, 5) is 37.7. The molecule has 9 nitrogen and oxygen atoms in total. The van der Waals surface area contributed by atoms with E-state index in [1.807, 2.05) is 21.1 Å². The third-order valence-corrected chi connectivity index (χ3v) is 16.9. The predicted molar refractivity (Wildman–Crippen MR) is 392 cm³/mol. The predicted octanol–water partition coefficient (Wildman–Crippen LogP) is 24.4. The molecule has 526 valence electrons. The SMILES string of the molecule is CC/C=C\C/C=C\C/C=C\C/C=C\C/C=C\C/C=C\C/C=C\C/C=C\CCCCCCCCCCCCC(=O)OC(COC(=O)CCCCCCCCCCCCCCCCCCCCCCCCCCCCCCCCC)COC(OCC[N+](C)(C)C)C(=O)O. The van der Waals surface area contributed by atoms with Gasteiger partial charge in [0.2, 0.25) is 0 Å². The maximum atomic E-state index is 13.0. The van der Waals surface area contributed by atoms with Crippen molar-refractivity contribution in [2.45, 2.75) is 360 Å². The van der Waals surface area contributed by atoms with Crippen molar-refractivity contribution in [2.24, 2.45) is 0 Å². The van der Waals surface area contributed by atoms with Gasteiger partial charge in [0.15, 0.2) is 6.10 Å². The van der Waals surface area contributed by atoms with Gasteiger partial charge in [-0.1, -0.05) is 355 Å². The lowest BCUT2D eigenvalue weighted by Gasteiger charge is -2.25. The third-order valence-electron chi connectivity index (χ3n) is 16.9. The summed E-state index contributed by atoms with van der Waals surface area (Å²) in [5, 5.41) is 9.77. The molecule has 0 aromatic carbocycles. The number of carboxylic acids is 1. The Morgan fingerprint density at radius 2 is 0.626 bits per heavy atom. The number of rotatable bonds is 71. The van der Waals surface area contributed by atoms with E-state index in [0.29, 0.717) is 23.9 Å². The van der Waals surface area contributed by atoms with Crippen LogP contribution in [0.1, 0.15) is 348 Å². The highest BCUT2D eigenvalue weighted by molar-refractivity contribution is 5.71. The van der Waals surface area contributed by atoms with Gasteiger partial charge in [-0.3, -0.25) is 9.59 Å². The Hall–Kier alpha value is -3.79. The standard InChI is InChI=1S/C82H145NO8/c1-6-8-10-12-14-16-18-20-22-24-26-28-30-32-34-36-38-39-40-41-43-45-47-49-51-53-55-57-59-61-63-65-67-69-71-73-80(85)91-78(77-90-82(81(86)87)88-75-74-83(3,4)5)76-89-79(84)72-70-68-66-64-62-60-58-56-54-52-50-48-46-44-42-37-35-33-31-29-27-25-23-21-19-17-15-13-11-9-7-2/h8,10,14,16,20,22,26,28,32,34,38-39,41,43,47,49,78,82H,6-7,9,11-13,15,17-19,21,23-25,27,29-31,33,35-37,40,42,44-46,48,50-77H2,1-5H3/p+1/b10-8-,16-14-,22-20-,28-26-,34-32-,39-38-,43-41-,49-47-. The Kier molecular flexibility index (Phi) is 69.0. The molecule has 2 unspecified atom stereocenters. The molecule has 91 heavy (non-hydrogen) atoms. The molecule has 0 amide bonds. The van der Waals surface area contributed by atoms with Crippen LogP contribution in [0.5, 0.6) is 0 Å². The summed E-state index contributed by atoms with van der Waals surface area (Å²) in [7, 11) is 5.98. The van der Waals surface area contributed by atoms with Crippen LogP contribution >= 0.6 is 0 Å². The van der Waals surface area contributed by atoms with Crippen LogP contribution in [-0.4, -0.2) is 87.4 Å². The van der Waals surface area contributed by atoms with Crippen molar-refractivity contribution in [1.29, 1.82) is 0 Å². The summed E-state index contributed by atoms with van der Waals surface area (Å²) in [5.74, 6) is -2.00. The monoisotopic (exact) mass is 1270 g/mol. The quantitative estimate of drug-likeness (QED) is 0.0211. The molecule has 0 bridgehead atoms. The Labute approximate surface area is 562 Å². The lowest BCUT2D eigenvalue weighted by atomic mass is 10.0. The summed E-state index contributed by atoms with van der Waals surface area (Å²) in [6, 6.07) is 0. The number of unbranched alkanes of at least 4 members (excludes halogenated alkanes) is 40. The summed E-state index contributed by atoms with van der Waals surface area (Å²) in [6.45, 7) is 4.80. The number of hydrogen-bond donors (Lipinski definition) is 1. The van der Waals surface area contributed by atoms with Crippen molar-refractivity contribution >= 4 is 17.9 Å². The van der Waals surface area contributed by atoms with Gasteiger partial charge in [0.1, 0.15) is 13.2 Å². The van der Waals surface area contributed by atoms with Crippen LogP contribution in [0, 0.1) is 0 Å². The molecule has 0 rings (SSSR count). The van der Waals surface area contributed by atoms with Crippen LogP contribution < -0.4 is 0 Å². The molecule has 0 heterocycles. The second-order valence-electron chi connectivity index (χ2n) is 26.9. The number of allylic oxidation sites excluding steroid dienone is 16. The van der Waals surface area contributed by atoms with Gasteiger partial charge in [-0.2, -0.15) is 0 Å². The largest absolute Gasteiger partial charge is 0.477 e. The third kappa shape index (κ3) is 73.5. The van der Waals surface area contributed by atoms with Crippen LogP contribution in [0.15, 0.2) is 97.2 Å². The minimum Gasteiger partial charge on any atom is -0.477 e. The number of hydrogen-bond acceptors (Lipinski definition) is 7. The Balaban J connectivity index is 4.08. The minimum absolute atomic E-state index is 0.184. The first-order valence-electron chi connectivity index (χ1n) is 38.4. The molecule has 0 aromatic rings. The van der Waals surface area contributed by atoms with Gasteiger partial charge in [-0.25, -0.2) is 4.79 Å². The Morgan fingerprint density at radius 3 is 0.934 bits per heavy atom. The van der Waals surface area contributed by atoms with Gasteiger partial charge < -0.3 is 28.5 Å². The zero-order valence-electron chi connectivity index (χ0n) is 60.2. The summed E-state index contributed by atoms with van der Waals surface area (Å²) in [6.07, 6.45) is 96.9. The van der Waals surface area contributed by atoms with Gasteiger partial charge in [-0.05, 0) is 77.0 Å². The average Bonchev–Trinajstić information content (AvgIpc) is 3.46. The number of aliphatic carboxylic acids is 1. The topological polar surface area (TPSA) is 108 Å². The summed E-state index contributed by atoms with van der Waals surface area (Å²) in [5.41, 5.74) is 0. The fourth-order valence-corrected chi connectivity index (χ4v) is 11.0. The van der Waals surface area contributed by atoms with Gasteiger partial charge in [0, 0.05) is 12.8 Å². The van der Waals surface area contributed by atoms with Gasteiger partial charge >= 0.3 is 17.9 Å². The number of carbonyl (C=O) groups is 3. The number of likely N-dealkylation sites (N-methyl/N-ethyl adjacent to an activating group) is 1. The molecule has 9 heteroatoms.